The van der Waals surface area contributed by atoms with Gasteiger partial charge in [-0.3, -0.25) is 4.79 Å². The molecule has 4 aromatic rings. The van der Waals surface area contributed by atoms with E-state index in [0.717, 1.165) is 22.4 Å². The smallest absolute Gasteiger partial charge is 0.255 e. The van der Waals surface area contributed by atoms with E-state index in [4.69, 9.17) is 13.9 Å². The summed E-state index contributed by atoms with van der Waals surface area (Å²) in [6, 6.07) is 18.6. The first-order chi connectivity index (χ1) is 15.5. The van der Waals surface area contributed by atoms with Crippen LogP contribution in [-0.4, -0.2) is 25.1 Å². The van der Waals surface area contributed by atoms with Gasteiger partial charge in [0.25, 0.3) is 5.91 Å². The fourth-order valence-corrected chi connectivity index (χ4v) is 3.47. The SMILES string of the molecule is COc1cc(OC)cc(C(=O)Nc2ccc(-c3nc(-c4ccc(C)cc4C)co3)cc2)c1. The van der Waals surface area contributed by atoms with Crippen molar-refractivity contribution in [3.05, 3.63) is 83.6 Å². The normalized spacial score (nSPS) is 10.6. The first kappa shape index (κ1) is 21.2. The number of anilines is 1. The number of rotatable bonds is 6. The van der Waals surface area contributed by atoms with Gasteiger partial charge in [-0.15, -0.1) is 0 Å². The number of ether oxygens (including phenoxy) is 2. The maximum atomic E-state index is 12.7. The Hall–Kier alpha value is -4.06. The van der Waals surface area contributed by atoms with Crippen LogP contribution in [0.25, 0.3) is 22.7 Å². The predicted molar refractivity (Wildman–Crippen MR) is 124 cm³/mol. The number of methoxy groups -OCH3 is 2. The Bertz CT molecular complexity index is 1240. The molecule has 1 heterocycles. The minimum Gasteiger partial charge on any atom is -0.497 e. The monoisotopic (exact) mass is 428 g/mol. The van der Waals surface area contributed by atoms with E-state index >= 15 is 0 Å². The van der Waals surface area contributed by atoms with E-state index in [9.17, 15) is 4.79 Å². The first-order valence-electron chi connectivity index (χ1n) is 10.1. The fraction of sp³-hybridized carbons (Fsp3) is 0.154. The summed E-state index contributed by atoms with van der Waals surface area (Å²) in [7, 11) is 3.09. The third-order valence-corrected chi connectivity index (χ3v) is 5.17. The standard InChI is InChI=1S/C26H24N2O4/c1-16-5-10-23(17(2)11-16)24-15-32-26(28-24)18-6-8-20(9-7-18)27-25(29)19-12-21(30-3)14-22(13-19)31-4/h5-15H,1-4H3,(H,27,29). The Labute approximate surface area is 186 Å². The number of nitrogens with zero attached hydrogens (tertiary/aromatic N) is 1. The average Bonchev–Trinajstić information content (AvgIpc) is 3.29. The van der Waals surface area contributed by atoms with E-state index in [0.29, 0.717) is 28.6 Å². The molecule has 1 N–H and O–H groups in total. The van der Waals surface area contributed by atoms with Gasteiger partial charge in [-0.2, -0.15) is 0 Å². The highest BCUT2D eigenvalue weighted by molar-refractivity contribution is 6.04. The third kappa shape index (κ3) is 4.49. The number of hydrogen-bond acceptors (Lipinski definition) is 5. The van der Waals surface area contributed by atoms with Crippen LogP contribution in [0.15, 0.2) is 71.3 Å². The van der Waals surface area contributed by atoms with Gasteiger partial charge in [0.05, 0.1) is 14.2 Å². The number of nitrogens with one attached hydrogen (secondary N) is 1. The molecule has 0 atom stereocenters. The molecule has 0 spiro atoms. The van der Waals surface area contributed by atoms with Crippen molar-refractivity contribution in [3.8, 4) is 34.2 Å². The number of aryl methyl sites for hydroxylation is 2. The highest BCUT2D eigenvalue weighted by Gasteiger charge is 2.13. The number of carbonyl (C=O) groups is 1. The van der Waals surface area contributed by atoms with Gasteiger partial charge in [0.1, 0.15) is 23.5 Å². The summed E-state index contributed by atoms with van der Waals surface area (Å²) >= 11 is 0. The van der Waals surface area contributed by atoms with Gasteiger partial charge in [0.15, 0.2) is 0 Å². The molecule has 0 aliphatic rings. The van der Waals surface area contributed by atoms with Crippen molar-refractivity contribution in [2.24, 2.45) is 0 Å². The first-order valence-corrected chi connectivity index (χ1v) is 10.1. The average molecular weight is 428 g/mol. The van der Waals surface area contributed by atoms with E-state index in [2.05, 4.69) is 42.3 Å². The van der Waals surface area contributed by atoms with E-state index in [1.165, 1.54) is 5.56 Å². The molecule has 6 heteroatoms. The van der Waals surface area contributed by atoms with Crippen LogP contribution in [0.5, 0.6) is 11.5 Å². The van der Waals surface area contributed by atoms with Crippen molar-refractivity contribution >= 4 is 11.6 Å². The zero-order chi connectivity index (χ0) is 22.7. The molecule has 0 aliphatic heterocycles. The summed E-state index contributed by atoms with van der Waals surface area (Å²) in [5.74, 6) is 1.36. The Balaban J connectivity index is 1.50. The van der Waals surface area contributed by atoms with E-state index in [1.807, 2.05) is 24.3 Å². The molecule has 162 valence electrons. The highest BCUT2D eigenvalue weighted by atomic mass is 16.5. The molecule has 0 fully saturated rings. The minimum atomic E-state index is -0.261. The van der Waals surface area contributed by atoms with Crippen LogP contribution in [0.2, 0.25) is 0 Å². The quantitative estimate of drug-likeness (QED) is 0.414. The van der Waals surface area contributed by atoms with E-state index < -0.39 is 0 Å². The summed E-state index contributed by atoms with van der Waals surface area (Å²) in [6.45, 7) is 4.13. The zero-order valence-corrected chi connectivity index (χ0v) is 18.4. The molecule has 0 unspecified atom stereocenters. The number of aromatic nitrogens is 1. The van der Waals surface area contributed by atoms with Crippen LogP contribution < -0.4 is 14.8 Å². The lowest BCUT2D eigenvalue weighted by Gasteiger charge is -2.09. The van der Waals surface area contributed by atoms with Crippen LogP contribution >= 0.6 is 0 Å². The van der Waals surface area contributed by atoms with Gasteiger partial charge in [0, 0.05) is 28.4 Å². The van der Waals surface area contributed by atoms with Gasteiger partial charge in [0.2, 0.25) is 5.89 Å². The van der Waals surface area contributed by atoms with E-state index in [-0.39, 0.29) is 5.91 Å². The van der Waals surface area contributed by atoms with Crippen LogP contribution in [0, 0.1) is 13.8 Å². The molecule has 32 heavy (non-hydrogen) atoms. The molecule has 0 saturated carbocycles. The Morgan fingerprint density at radius 1 is 0.906 bits per heavy atom. The van der Waals surface area contributed by atoms with Crippen LogP contribution in [0.3, 0.4) is 0 Å². The van der Waals surface area contributed by atoms with Crippen molar-refractivity contribution in [3.63, 3.8) is 0 Å². The third-order valence-electron chi connectivity index (χ3n) is 5.17. The number of hydrogen-bond donors (Lipinski definition) is 1. The molecule has 4 rings (SSSR count). The molecular formula is C26H24N2O4. The topological polar surface area (TPSA) is 73.6 Å². The molecule has 0 radical (unpaired) electrons. The molecule has 1 amide bonds. The highest BCUT2D eigenvalue weighted by Crippen LogP contribution is 2.28. The number of carbonyl (C=O) groups excluding carboxylic acids is 1. The molecule has 0 bridgehead atoms. The van der Waals surface area contributed by atoms with Crippen LogP contribution in [-0.2, 0) is 0 Å². The second-order valence-electron chi connectivity index (χ2n) is 7.49. The van der Waals surface area contributed by atoms with Gasteiger partial charge < -0.3 is 19.2 Å². The largest absolute Gasteiger partial charge is 0.497 e. The maximum absolute atomic E-state index is 12.7. The molecule has 0 aliphatic carbocycles. The lowest BCUT2D eigenvalue weighted by molar-refractivity contribution is 0.102. The van der Waals surface area contributed by atoms with E-state index in [1.54, 1.807) is 38.7 Å². The number of oxazole rings is 1. The lowest BCUT2D eigenvalue weighted by Crippen LogP contribution is -2.12. The predicted octanol–water partition coefficient (Wildman–Crippen LogP) is 5.89. The summed E-state index contributed by atoms with van der Waals surface area (Å²) < 4.78 is 16.2. The lowest BCUT2D eigenvalue weighted by atomic mass is 10.0. The summed E-state index contributed by atoms with van der Waals surface area (Å²) in [5.41, 5.74) is 6.11. The maximum Gasteiger partial charge on any atom is 0.255 e. The van der Waals surface area contributed by atoms with Crippen LogP contribution in [0.4, 0.5) is 5.69 Å². The zero-order valence-electron chi connectivity index (χ0n) is 18.4. The molecule has 3 aromatic carbocycles. The molecular weight excluding hydrogens is 404 g/mol. The van der Waals surface area contributed by atoms with Crippen molar-refractivity contribution in [2.75, 3.05) is 19.5 Å². The second kappa shape index (κ2) is 8.98. The van der Waals surface area contributed by atoms with Gasteiger partial charge in [-0.1, -0.05) is 23.8 Å². The summed E-state index contributed by atoms with van der Waals surface area (Å²) in [4.78, 5) is 17.3. The number of benzene rings is 3. The number of amides is 1. The summed E-state index contributed by atoms with van der Waals surface area (Å²) in [6.07, 6.45) is 1.67. The Kier molecular flexibility index (Phi) is 5.94. The van der Waals surface area contributed by atoms with Crippen molar-refractivity contribution in [2.45, 2.75) is 13.8 Å². The van der Waals surface area contributed by atoms with Crippen molar-refractivity contribution in [1.29, 1.82) is 0 Å². The minimum absolute atomic E-state index is 0.261. The van der Waals surface area contributed by atoms with Gasteiger partial charge in [-0.05, 0) is 55.8 Å². The Morgan fingerprint density at radius 3 is 2.22 bits per heavy atom. The Morgan fingerprint density at radius 2 is 1.59 bits per heavy atom. The van der Waals surface area contributed by atoms with Crippen molar-refractivity contribution in [1.82, 2.24) is 4.98 Å². The van der Waals surface area contributed by atoms with Gasteiger partial charge in [-0.25, -0.2) is 4.98 Å². The second-order valence-corrected chi connectivity index (χ2v) is 7.49. The van der Waals surface area contributed by atoms with Crippen LogP contribution in [0.1, 0.15) is 21.5 Å². The molecule has 6 nitrogen and oxygen atoms in total. The van der Waals surface area contributed by atoms with Gasteiger partial charge >= 0.3 is 0 Å². The molecule has 0 saturated heterocycles. The fourth-order valence-electron chi connectivity index (χ4n) is 3.47. The van der Waals surface area contributed by atoms with Crippen molar-refractivity contribution < 1.29 is 18.7 Å². The summed E-state index contributed by atoms with van der Waals surface area (Å²) in [5, 5.41) is 2.88. The molecule has 1 aromatic heterocycles.